The van der Waals surface area contributed by atoms with Gasteiger partial charge in [0.2, 0.25) is 10.0 Å². The van der Waals surface area contributed by atoms with Gasteiger partial charge in [-0.3, -0.25) is 0 Å². The van der Waals surface area contributed by atoms with Crippen molar-refractivity contribution in [1.29, 1.82) is 0 Å². The lowest BCUT2D eigenvalue weighted by atomic mass is 9.76. The zero-order chi connectivity index (χ0) is 15.7. The smallest absolute Gasteiger partial charge is 0.241 e. The molecule has 0 amide bonds. The van der Waals surface area contributed by atoms with Gasteiger partial charge in [0.1, 0.15) is 0 Å². The zero-order valence-corrected chi connectivity index (χ0v) is 14.0. The molecule has 21 heavy (non-hydrogen) atoms. The molecule has 0 saturated heterocycles. The van der Waals surface area contributed by atoms with Crippen LogP contribution in [0.1, 0.15) is 57.6 Å². The number of benzene rings is 1. The Morgan fingerprint density at radius 3 is 2.29 bits per heavy atom. The Balaban J connectivity index is 2.46. The van der Waals surface area contributed by atoms with E-state index >= 15 is 0 Å². The maximum absolute atomic E-state index is 12.8. The van der Waals surface area contributed by atoms with E-state index in [0.717, 1.165) is 43.2 Å². The summed E-state index contributed by atoms with van der Waals surface area (Å²) in [6, 6.07) is 3.66. The number of rotatable bonds is 6. The van der Waals surface area contributed by atoms with Crippen molar-refractivity contribution in [1.82, 2.24) is 4.72 Å². The highest BCUT2D eigenvalue weighted by Crippen LogP contribution is 2.37. The van der Waals surface area contributed by atoms with Gasteiger partial charge < -0.3 is 5.73 Å². The van der Waals surface area contributed by atoms with Crippen molar-refractivity contribution in [2.24, 2.45) is 0 Å². The second-order valence-corrected chi connectivity index (χ2v) is 7.61. The highest BCUT2D eigenvalue weighted by Gasteiger charge is 2.39. The minimum Gasteiger partial charge on any atom is -0.398 e. The molecule has 0 bridgehead atoms. The van der Waals surface area contributed by atoms with E-state index in [2.05, 4.69) is 4.72 Å². The summed E-state index contributed by atoms with van der Waals surface area (Å²) in [5.74, 6) is 0. The summed E-state index contributed by atoms with van der Waals surface area (Å²) >= 11 is 0. The van der Waals surface area contributed by atoms with Crippen LogP contribution in [-0.2, 0) is 22.9 Å². The summed E-state index contributed by atoms with van der Waals surface area (Å²) < 4.78 is 28.6. The topological polar surface area (TPSA) is 72.2 Å². The summed E-state index contributed by atoms with van der Waals surface area (Å²) in [7, 11) is -3.52. The third-order valence-electron chi connectivity index (χ3n) is 4.69. The largest absolute Gasteiger partial charge is 0.398 e. The van der Waals surface area contributed by atoms with Gasteiger partial charge in [0, 0.05) is 11.2 Å². The molecule has 2 rings (SSSR count). The van der Waals surface area contributed by atoms with Gasteiger partial charge in [0.15, 0.2) is 0 Å². The van der Waals surface area contributed by atoms with Crippen LogP contribution >= 0.6 is 0 Å². The van der Waals surface area contributed by atoms with Gasteiger partial charge in [-0.05, 0) is 61.8 Å². The Kier molecular flexibility index (Phi) is 4.63. The molecule has 0 atom stereocenters. The number of aryl methyl sites for hydroxylation is 1. The van der Waals surface area contributed by atoms with E-state index in [9.17, 15) is 8.42 Å². The van der Waals surface area contributed by atoms with Gasteiger partial charge >= 0.3 is 0 Å². The van der Waals surface area contributed by atoms with Crippen LogP contribution in [0.4, 0.5) is 5.69 Å². The molecule has 1 aromatic carbocycles. The fourth-order valence-corrected chi connectivity index (χ4v) is 4.94. The monoisotopic (exact) mass is 310 g/mol. The summed E-state index contributed by atoms with van der Waals surface area (Å²) in [5, 5.41) is 0. The van der Waals surface area contributed by atoms with Gasteiger partial charge in [-0.2, -0.15) is 0 Å². The van der Waals surface area contributed by atoms with Crippen LogP contribution in [0.2, 0.25) is 0 Å². The molecular formula is C16H26N2O2S. The van der Waals surface area contributed by atoms with Crippen molar-refractivity contribution < 1.29 is 8.42 Å². The van der Waals surface area contributed by atoms with E-state index < -0.39 is 10.0 Å². The summed E-state index contributed by atoms with van der Waals surface area (Å²) in [6.45, 7) is 5.98. The van der Waals surface area contributed by atoms with E-state index in [1.807, 2.05) is 26.8 Å². The highest BCUT2D eigenvalue weighted by atomic mass is 32.2. The molecule has 3 N–H and O–H groups in total. The first kappa shape index (κ1) is 16.3. The number of nitrogens with two attached hydrogens (primary N) is 1. The Morgan fingerprint density at radius 1 is 1.19 bits per heavy atom. The fourth-order valence-electron chi connectivity index (χ4n) is 3.02. The molecule has 1 aliphatic carbocycles. The first-order valence-corrected chi connectivity index (χ1v) is 9.31. The number of anilines is 1. The standard InChI is InChI=1S/C16H26N2O2S/c1-4-12-10-14(17)13(5-2)15(11-12)21(19,20)18-16(6-3)8-7-9-16/h10-11,18H,4-9,17H2,1-3H3. The van der Waals surface area contributed by atoms with E-state index in [-0.39, 0.29) is 5.54 Å². The van der Waals surface area contributed by atoms with E-state index in [4.69, 9.17) is 5.73 Å². The van der Waals surface area contributed by atoms with E-state index in [1.54, 1.807) is 6.07 Å². The lowest BCUT2D eigenvalue weighted by Gasteiger charge is -2.41. The molecule has 4 nitrogen and oxygen atoms in total. The number of nitrogen functional groups attached to an aromatic ring is 1. The van der Waals surface area contributed by atoms with Crippen molar-refractivity contribution in [3.63, 3.8) is 0 Å². The first-order valence-electron chi connectivity index (χ1n) is 7.82. The minimum absolute atomic E-state index is 0.249. The van der Waals surface area contributed by atoms with Gasteiger partial charge in [0.25, 0.3) is 0 Å². The van der Waals surface area contributed by atoms with Crippen LogP contribution < -0.4 is 10.5 Å². The lowest BCUT2D eigenvalue weighted by molar-refractivity contribution is 0.214. The van der Waals surface area contributed by atoms with Crippen molar-refractivity contribution in [2.75, 3.05) is 5.73 Å². The summed E-state index contributed by atoms with van der Waals surface area (Å²) in [5.41, 5.74) is 8.08. The maximum atomic E-state index is 12.8. The van der Waals surface area contributed by atoms with Crippen LogP contribution in [0, 0.1) is 0 Å². The number of hydrogen-bond donors (Lipinski definition) is 2. The molecule has 0 aromatic heterocycles. The molecule has 1 fully saturated rings. The quantitative estimate of drug-likeness (QED) is 0.793. The summed E-state index contributed by atoms with van der Waals surface area (Å²) in [4.78, 5) is 0.363. The Hall–Kier alpha value is -1.07. The average molecular weight is 310 g/mol. The lowest BCUT2D eigenvalue weighted by Crippen LogP contribution is -2.52. The number of hydrogen-bond acceptors (Lipinski definition) is 3. The van der Waals surface area contributed by atoms with Gasteiger partial charge in [-0.25, -0.2) is 13.1 Å². The SMILES string of the molecule is CCc1cc(N)c(CC)c(S(=O)(=O)NC2(CC)CCC2)c1. The van der Waals surface area contributed by atoms with Crippen LogP contribution in [0.5, 0.6) is 0 Å². The first-order chi connectivity index (χ1) is 9.87. The second kappa shape index (κ2) is 5.97. The van der Waals surface area contributed by atoms with Gasteiger partial charge in [0.05, 0.1) is 4.90 Å². The molecule has 118 valence electrons. The van der Waals surface area contributed by atoms with Crippen molar-refractivity contribution in [3.8, 4) is 0 Å². The second-order valence-electron chi connectivity index (χ2n) is 5.96. The van der Waals surface area contributed by atoms with Gasteiger partial charge in [-0.15, -0.1) is 0 Å². The molecule has 0 spiro atoms. The zero-order valence-electron chi connectivity index (χ0n) is 13.2. The van der Waals surface area contributed by atoms with Crippen molar-refractivity contribution >= 4 is 15.7 Å². The number of sulfonamides is 1. The molecule has 0 heterocycles. The predicted molar refractivity (Wildman–Crippen MR) is 86.8 cm³/mol. The molecule has 1 aromatic rings. The van der Waals surface area contributed by atoms with Crippen LogP contribution in [0.3, 0.4) is 0 Å². The van der Waals surface area contributed by atoms with Crippen LogP contribution in [0.15, 0.2) is 17.0 Å². The molecule has 1 saturated carbocycles. The molecule has 0 radical (unpaired) electrons. The van der Waals surface area contributed by atoms with E-state index in [1.165, 1.54) is 0 Å². The highest BCUT2D eigenvalue weighted by molar-refractivity contribution is 7.89. The molecular weight excluding hydrogens is 284 g/mol. The van der Waals surface area contributed by atoms with Crippen LogP contribution in [0.25, 0.3) is 0 Å². The Morgan fingerprint density at radius 2 is 1.86 bits per heavy atom. The molecule has 0 unspecified atom stereocenters. The normalized spacial score (nSPS) is 17.5. The average Bonchev–Trinajstić information content (AvgIpc) is 2.42. The number of nitrogens with one attached hydrogen (secondary N) is 1. The van der Waals surface area contributed by atoms with E-state index in [0.29, 0.717) is 17.0 Å². The fraction of sp³-hybridized carbons (Fsp3) is 0.625. The third-order valence-corrected chi connectivity index (χ3v) is 6.34. The molecule has 1 aliphatic rings. The minimum atomic E-state index is -3.52. The summed E-state index contributed by atoms with van der Waals surface area (Å²) in [6.07, 6.45) is 5.16. The molecule has 0 aliphatic heterocycles. The Labute approximate surface area is 128 Å². The van der Waals surface area contributed by atoms with Crippen molar-refractivity contribution in [3.05, 3.63) is 23.3 Å². The Bertz CT molecular complexity index is 614. The van der Waals surface area contributed by atoms with Gasteiger partial charge in [-0.1, -0.05) is 20.8 Å². The third kappa shape index (κ3) is 3.09. The molecule has 5 heteroatoms. The van der Waals surface area contributed by atoms with Crippen LogP contribution in [-0.4, -0.2) is 14.0 Å². The van der Waals surface area contributed by atoms with Crippen molar-refractivity contribution in [2.45, 2.75) is 69.7 Å². The maximum Gasteiger partial charge on any atom is 0.241 e. The predicted octanol–water partition coefficient (Wildman–Crippen LogP) is 3.00.